The van der Waals surface area contributed by atoms with E-state index in [9.17, 15) is 32.1 Å². The molecule has 0 fully saturated rings. The van der Waals surface area contributed by atoms with E-state index in [2.05, 4.69) is 20.6 Å². The number of benzene rings is 2. The van der Waals surface area contributed by atoms with Crippen LogP contribution in [0, 0.1) is 21.7 Å². The van der Waals surface area contributed by atoms with Gasteiger partial charge in [-0.25, -0.2) is 18.7 Å². The summed E-state index contributed by atoms with van der Waals surface area (Å²) in [7, 11) is 0. The van der Waals surface area contributed by atoms with Gasteiger partial charge in [-0.1, -0.05) is 11.6 Å². The van der Waals surface area contributed by atoms with Crippen molar-refractivity contribution in [2.45, 2.75) is 6.18 Å². The third-order valence-corrected chi connectivity index (χ3v) is 4.05. The molecule has 1 heterocycles. The Morgan fingerprint density at radius 1 is 0.933 bits per heavy atom. The molecule has 0 aliphatic carbocycles. The molecule has 7 nitrogen and oxygen atoms in total. The van der Waals surface area contributed by atoms with Crippen molar-refractivity contribution in [2.24, 2.45) is 0 Å². The van der Waals surface area contributed by atoms with Crippen LogP contribution in [0.5, 0.6) is 0 Å². The monoisotopic (exact) mass is 445 g/mol. The van der Waals surface area contributed by atoms with Gasteiger partial charge in [0.05, 0.1) is 15.5 Å². The van der Waals surface area contributed by atoms with Gasteiger partial charge in [-0.3, -0.25) is 10.1 Å². The van der Waals surface area contributed by atoms with Gasteiger partial charge >= 0.3 is 11.9 Å². The van der Waals surface area contributed by atoms with E-state index in [1.165, 1.54) is 6.07 Å². The minimum Gasteiger partial charge on any atom is -0.334 e. The molecule has 0 radical (unpaired) electrons. The molecule has 13 heteroatoms. The number of alkyl halides is 3. The normalized spacial score (nSPS) is 11.3. The molecule has 0 atom stereocenters. The second-order valence-electron chi connectivity index (χ2n) is 5.75. The Bertz CT molecular complexity index is 1130. The third-order valence-electron chi connectivity index (χ3n) is 3.72. The predicted octanol–water partition coefficient (Wildman–Crippen LogP) is 5.82. The highest BCUT2D eigenvalue weighted by Gasteiger charge is 2.33. The molecule has 0 unspecified atom stereocenters. The molecule has 2 N–H and O–H groups in total. The van der Waals surface area contributed by atoms with E-state index in [0.717, 1.165) is 30.6 Å². The maximum absolute atomic E-state index is 13.4. The van der Waals surface area contributed by atoms with Gasteiger partial charge in [-0.05, 0) is 30.3 Å². The first-order valence-electron chi connectivity index (χ1n) is 7.91. The van der Waals surface area contributed by atoms with Gasteiger partial charge in [-0.15, -0.1) is 0 Å². The van der Waals surface area contributed by atoms with Gasteiger partial charge in [0.15, 0.2) is 11.6 Å². The Kier molecular flexibility index (Phi) is 5.69. The van der Waals surface area contributed by atoms with Crippen molar-refractivity contribution in [3.8, 4) is 0 Å². The van der Waals surface area contributed by atoms with Gasteiger partial charge in [0.2, 0.25) is 11.6 Å². The minimum atomic E-state index is -4.74. The molecule has 0 aliphatic heterocycles. The van der Waals surface area contributed by atoms with E-state index in [0.29, 0.717) is 6.07 Å². The second-order valence-corrected chi connectivity index (χ2v) is 6.16. The van der Waals surface area contributed by atoms with E-state index in [-0.39, 0.29) is 11.4 Å². The molecule has 3 aromatic rings. The van der Waals surface area contributed by atoms with Crippen LogP contribution in [0.1, 0.15) is 5.56 Å². The highest BCUT2D eigenvalue weighted by atomic mass is 35.5. The number of rotatable bonds is 5. The maximum atomic E-state index is 13.4. The Hall–Kier alpha value is -3.54. The number of hydrogen-bond donors (Lipinski definition) is 2. The van der Waals surface area contributed by atoms with Crippen molar-refractivity contribution in [1.29, 1.82) is 0 Å². The van der Waals surface area contributed by atoms with Gasteiger partial charge in [0.25, 0.3) is 0 Å². The van der Waals surface area contributed by atoms with Crippen molar-refractivity contribution in [3.63, 3.8) is 0 Å². The molecule has 0 amide bonds. The van der Waals surface area contributed by atoms with E-state index in [1.807, 2.05) is 0 Å². The second kappa shape index (κ2) is 8.06. The number of anilines is 4. The molecule has 0 aliphatic rings. The van der Waals surface area contributed by atoms with Gasteiger partial charge in [0.1, 0.15) is 6.33 Å². The Morgan fingerprint density at radius 2 is 1.50 bits per heavy atom. The first-order valence-corrected chi connectivity index (χ1v) is 8.29. The topological polar surface area (TPSA) is 93.0 Å². The summed E-state index contributed by atoms with van der Waals surface area (Å²) >= 11 is 5.56. The fourth-order valence-electron chi connectivity index (χ4n) is 2.40. The van der Waals surface area contributed by atoms with Crippen LogP contribution in [0.3, 0.4) is 0 Å². The largest absolute Gasteiger partial charge is 0.417 e. The van der Waals surface area contributed by atoms with Crippen molar-refractivity contribution in [3.05, 3.63) is 75.1 Å². The van der Waals surface area contributed by atoms with Crippen LogP contribution in [0.2, 0.25) is 5.02 Å². The zero-order valence-corrected chi connectivity index (χ0v) is 15.2. The lowest BCUT2D eigenvalue weighted by Crippen LogP contribution is -2.08. The fraction of sp³-hybridized carbons (Fsp3) is 0.0588. The standard InChI is InChI=1S/C17H9ClF5N5O2/c18-11-3-1-8(5-10(11)17(21,22)23)26-15-14(28(29)30)16(25-7-24-15)27-9-2-4-12(19)13(20)6-9/h1-7H,(H2,24,25,26,27). The van der Waals surface area contributed by atoms with E-state index in [1.54, 1.807) is 0 Å². The molecule has 3 rings (SSSR count). The number of hydrogen-bond acceptors (Lipinski definition) is 6. The van der Waals surface area contributed by atoms with Crippen molar-refractivity contribution in [1.82, 2.24) is 9.97 Å². The smallest absolute Gasteiger partial charge is 0.334 e. The summed E-state index contributed by atoms with van der Waals surface area (Å²) in [6.07, 6.45) is -3.84. The summed E-state index contributed by atoms with van der Waals surface area (Å²) in [4.78, 5) is 18.0. The van der Waals surface area contributed by atoms with Gasteiger partial charge in [-0.2, -0.15) is 13.2 Å². The Labute approximate surface area is 169 Å². The average Bonchev–Trinajstić information content (AvgIpc) is 2.65. The lowest BCUT2D eigenvalue weighted by atomic mass is 10.2. The molecular weight excluding hydrogens is 437 g/mol. The molecule has 30 heavy (non-hydrogen) atoms. The fourth-order valence-corrected chi connectivity index (χ4v) is 2.63. The van der Waals surface area contributed by atoms with Crippen LogP contribution in [0.4, 0.5) is 50.6 Å². The number of halogens is 6. The maximum Gasteiger partial charge on any atom is 0.417 e. The predicted molar refractivity (Wildman–Crippen MR) is 98.1 cm³/mol. The van der Waals surface area contributed by atoms with Crippen LogP contribution < -0.4 is 10.6 Å². The van der Waals surface area contributed by atoms with Crippen LogP contribution in [-0.4, -0.2) is 14.9 Å². The molecule has 0 bridgehead atoms. The van der Waals surface area contributed by atoms with E-state index >= 15 is 0 Å². The minimum absolute atomic E-state index is 0.0486. The number of nitrogens with zero attached hydrogens (tertiary/aromatic N) is 3. The van der Waals surface area contributed by atoms with Crippen molar-refractivity contribution < 1.29 is 26.9 Å². The van der Waals surface area contributed by atoms with Crippen LogP contribution in [0.15, 0.2) is 42.7 Å². The molecule has 2 aromatic carbocycles. The summed E-state index contributed by atoms with van der Waals surface area (Å²) in [5.41, 5.74) is -2.10. The summed E-state index contributed by atoms with van der Waals surface area (Å²) in [6, 6.07) is 5.48. The molecular formula is C17H9ClF5N5O2. The summed E-state index contributed by atoms with van der Waals surface area (Å²) in [5, 5.41) is 15.9. The molecule has 0 saturated heterocycles. The van der Waals surface area contributed by atoms with Crippen LogP contribution >= 0.6 is 11.6 Å². The quantitative estimate of drug-likeness (QED) is 0.292. The molecule has 0 spiro atoms. The van der Waals surface area contributed by atoms with E-state index < -0.39 is 50.6 Å². The van der Waals surface area contributed by atoms with Crippen LogP contribution in [0.25, 0.3) is 0 Å². The lowest BCUT2D eigenvalue weighted by molar-refractivity contribution is -0.383. The van der Waals surface area contributed by atoms with Crippen LogP contribution in [-0.2, 0) is 6.18 Å². The van der Waals surface area contributed by atoms with Gasteiger partial charge < -0.3 is 10.6 Å². The molecule has 0 saturated carbocycles. The zero-order valence-electron chi connectivity index (χ0n) is 14.5. The molecule has 156 valence electrons. The first-order chi connectivity index (χ1) is 14.1. The third kappa shape index (κ3) is 4.54. The van der Waals surface area contributed by atoms with Crippen molar-refractivity contribution in [2.75, 3.05) is 10.6 Å². The molecule has 1 aromatic heterocycles. The summed E-state index contributed by atoms with van der Waals surface area (Å²) < 4.78 is 65.5. The van der Waals surface area contributed by atoms with E-state index in [4.69, 9.17) is 11.6 Å². The SMILES string of the molecule is O=[N+]([O-])c1c(Nc2ccc(F)c(F)c2)ncnc1Nc1ccc(Cl)c(C(F)(F)F)c1. The van der Waals surface area contributed by atoms with Gasteiger partial charge in [0, 0.05) is 17.4 Å². The number of nitro groups is 1. The average molecular weight is 446 g/mol. The number of nitrogens with one attached hydrogen (secondary N) is 2. The lowest BCUT2D eigenvalue weighted by Gasteiger charge is -2.13. The first kappa shape index (κ1) is 21.2. The summed E-state index contributed by atoms with van der Waals surface area (Å²) in [6.45, 7) is 0. The Balaban J connectivity index is 1.99. The summed E-state index contributed by atoms with van der Waals surface area (Å²) in [5.74, 6) is -3.15. The van der Waals surface area contributed by atoms with Crippen molar-refractivity contribution >= 4 is 40.3 Å². The highest BCUT2D eigenvalue weighted by molar-refractivity contribution is 6.31. The number of aromatic nitrogens is 2. The zero-order chi connectivity index (χ0) is 22.1. The Morgan fingerprint density at radius 3 is 2.03 bits per heavy atom. The highest BCUT2D eigenvalue weighted by Crippen LogP contribution is 2.38.